The van der Waals surface area contributed by atoms with Crippen molar-refractivity contribution in [2.75, 3.05) is 13.1 Å². The fourth-order valence-electron chi connectivity index (χ4n) is 3.11. The first-order chi connectivity index (χ1) is 11.8. The van der Waals surface area contributed by atoms with Crippen molar-refractivity contribution in [2.45, 2.75) is 28.6 Å². The average molecular weight is 380 g/mol. The van der Waals surface area contributed by atoms with E-state index in [9.17, 15) is 16.8 Å². The van der Waals surface area contributed by atoms with E-state index in [0.717, 1.165) is 18.4 Å². The Hall–Kier alpha value is -1.74. The van der Waals surface area contributed by atoms with Crippen LogP contribution in [-0.4, -0.2) is 34.2 Å². The molecule has 1 fully saturated rings. The van der Waals surface area contributed by atoms with Crippen molar-refractivity contribution in [2.24, 2.45) is 5.14 Å². The van der Waals surface area contributed by atoms with Gasteiger partial charge in [-0.3, -0.25) is 0 Å². The van der Waals surface area contributed by atoms with Gasteiger partial charge in [0.2, 0.25) is 20.0 Å². The summed E-state index contributed by atoms with van der Waals surface area (Å²) < 4.78 is 49.8. The van der Waals surface area contributed by atoms with Crippen molar-refractivity contribution in [3.05, 3.63) is 60.2 Å². The molecule has 0 radical (unpaired) electrons. The lowest BCUT2D eigenvalue weighted by Crippen LogP contribution is -2.39. The molecule has 25 heavy (non-hydrogen) atoms. The zero-order valence-electron chi connectivity index (χ0n) is 13.6. The highest BCUT2D eigenvalue weighted by molar-refractivity contribution is 7.89. The number of benzene rings is 2. The minimum Gasteiger partial charge on any atom is -0.225 e. The van der Waals surface area contributed by atoms with Crippen LogP contribution < -0.4 is 5.14 Å². The molecular weight excluding hydrogens is 360 g/mol. The molecule has 134 valence electrons. The van der Waals surface area contributed by atoms with Crippen molar-refractivity contribution in [1.82, 2.24) is 4.31 Å². The van der Waals surface area contributed by atoms with Gasteiger partial charge in [-0.25, -0.2) is 22.0 Å². The lowest BCUT2D eigenvalue weighted by atomic mass is 9.92. The van der Waals surface area contributed by atoms with Gasteiger partial charge in [-0.15, -0.1) is 0 Å². The van der Waals surface area contributed by atoms with Gasteiger partial charge in [-0.05, 0) is 48.6 Å². The van der Waals surface area contributed by atoms with E-state index in [2.05, 4.69) is 0 Å². The molecule has 2 aromatic carbocycles. The number of hydrogen-bond donors (Lipinski definition) is 1. The van der Waals surface area contributed by atoms with Crippen LogP contribution in [-0.2, 0) is 20.0 Å². The molecule has 1 aliphatic heterocycles. The molecule has 2 N–H and O–H groups in total. The molecule has 0 spiro atoms. The highest BCUT2D eigenvalue weighted by Crippen LogP contribution is 2.30. The maximum Gasteiger partial charge on any atom is 0.243 e. The summed E-state index contributed by atoms with van der Waals surface area (Å²) in [6.07, 6.45) is 1.73. The number of piperidine rings is 1. The molecule has 0 aliphatic carbocycles. The summed E-state index contributed by atoms with van der Waals surface area (Å²) in [5.41, 5.74) is 1.13. The molecular formula is C17H20N2O4S2. The minimum absolute atomic E-state index is 0.0774. The van der Waals surface area contributed by atoms with Gasteiger partial charge in [-0.2, -0.15) is 4.31 Å². The second kappa shape index (κ2) is 6.87. The highest BCUT2D eigenvalue weighted by atomic mass is 32.2. The van der Waals surface area contributed by atoms with Crippen molar-refractivity contribution in [3.63, 3.8) is 0 Å². The fraction of sp³-hybridized carbons (Fsp3) is 0.294. The monoisotopic (exact) mass is 380 g/mol. The van der Waals surface area contributed by atoms with Crippen LogP contribution >= 0.6 is 0 Å². The van der Waals surface area contributed by atoms with Crippen LogP contribution in [0.25, 0.3) is 0 Å². The Morgan fingerprint density at radius 1 is 0.880 bits per heavy atom. The Bertz CT molecular complexity index is 940. The van der Waals surface area contributed by atoms with Crippen LogP contribution in [0.3, 0.4) is 0 Å². The van der Waals surface area contributed by atoms with Gasteiger partial charge in [0.15, 0.2) is 0 Å². The molecule has 1 heterocycles. The van der Waals surface area contributed by atoms with Crippen LogP contribution in [0.5, 0.6) is 0 Å². The lowest BCUT2D eigenvalue weighted by molar-refractivity contribution is 0.315. The smallest absolute Gasteiger partial charge is 0.225 e. The summed E-state index contributed by atoms with van der Waals surface area (Å²) in [6, 6.07) is 14.9. The van der Waals surface area contributed by atoms with Crippen LogP contribution in [0, 0.1) is 0 Å². The minimum atomic E-state index is -3.84. The largest absolute Gasteiger partial charge is 0.243 e. The van der Waals surface area contributed by atoms with E-state index in [0.29, 0.717) is 13.1 Å². The molecule has 8 heteroatoms. The molecule has 1 atom stereocenters. The van der Waals surface area contributed by atoms with E-state index < -0.39 is 20.0 Å². The molecule has 1 saturated heterocycles. The molecule has 0 amide bonds. The van der Waals surface area contributed by atoms with Gasteiger partial charge in [0.05, 0.1) is 9.79 Å². The Labute approximate surface area is 148 Å². The van der Waals surface area contributed by atoms with Gasteiger partial charge in [0.1, 0.15) is 0 Å². The third-order valence-electron chi connectivity index (χ3n) is 4.45. The van der Waals surface area contributed by atoms with E-state index in [1.165, 1.54) is 28.6 Å². The van der Waals surface area contributed by atoms with Crippen LogP contribution in [0.4, 0.5) is 0 Å². The van der Waals surface area contributed by atoms with E-state index in [1.807, 2.05) is 30.3 Å². The summed E-state index contributed by atoms with van der Waals surface area (Å²) in [4.78, 5) is -0.0270. The summed E-state index contributed by atoms with van der Waals surface area (Å²) in [5.74, 6) is 0.161. The van der Waals surface area contributed by atoms with E-state index in [1.54, 1.807) is 0 Å². The van der Waals surface area contributed by atoms with E-state index in [-0.39, 0.29) is 15.7 Å². The van der Waals surface area contributed by atoms with Crippen LogP contribution in [0.2, 0.25) is 0 Å². The molecule has 3 rings (SSSR count). The van der Waals surface area contributed by atoms with E-state index in [4.69, 9.17) is 5.14 Å². The maximum absolute atomic E-state index is 12.9. The maximum atomic E-state index is 12.9. The SMILES string of the molecule is NS(=O)(=O)c1ccc(S(=O)(=O)N2CCC[C@H](c3ccccc3)C2)cc1. The molecule has 1 aliphatic rings. The Morgan fingerprint density at radius 2 is 1.48 bits per heavy atom. The van der Waals surface area contributed by atoms with Crippen molar-refractivity contribution in [3.8, 4) is 0 Å². The Morgan fingerprint density at radius 3 is 2.08 bits per heavy atom. The number of sulfonamides is 2. The fourth-order valence-corrected chi connectivity index (χ4v) is 5.15. The van der Waals surface area contributed by atoms with Gasteiger partial charge in [0, 0.05) is 13.1 Å². The number of nitrogens with zero attached hydrogens (tertiary/aromatic N) is 1. The topological polar surface area (TPSA) is 97.5 Å². The first-order valence-corrected chi connectivity index (χ1v) is 10.9. The molecule has 6 nitrogen and oxygen atoms in total. The summed E-state index contributed by atoms with van der Waals surface area (Å²) in [5, 5.41) is 5.05. The molecule has 2 aromatic rings. The predicted octanol–water partition coefficient (Wildman–Crippen LogP) is 1.90. The van der Waals surface area contributed by atoms with Crippen LogP contribution in [0.1, 0.15) is 24.3 Å². The number of rotatable bonds is 4. The zero-order chi connectivity index (χ0) is 18.1. The third kappa shape index (κ3) is 3.92. The molecule has 0 bridgehead atoms. The number of hydrogen-bond acceptors (Lipinski definition) is 4. The summed E-state index contributed by atoms with van der Waals surface area (Å²) in [6.45, 7) is 0.881. The number of nitrogens with two attached hydrogens (primary N) is 1. The lowest BCUT2D eigenvalue weighted by Gasteiger charge is -2.32. The normalized spacial score (nSPS) is 19.6. The summed E-state index contributed by atoms with van der Waals surface area (Å²) >= 11 is 0. The number of primary sulfonamides is 1. The van der Waals surface area contributed by atoms with E-state index >= 15 is 0 Å². The second-order valence-corrected chi connectivity index (χ2v) is 9.63. The quantitative estimate of drug-likeness (QED) is 0.876. The molecule has 0 saturated carbocycles. The first kappa shape index (κ1) is 18.1. The van der Waals surface area contributed by atoms with Gasteiger partial charge < -0.3 is 0 Å². The second-order valence-electron chi connectivity index (χ2n) is 6.13. The van der Waals surface area contributed by atoms with Gasteiger partial charge >= 0.3 is 0 Å². The standard InChI is InChI=1S/C17H20N2O4S2/c18-24(20,21)16-8-10-17(11-9-16)25(22,23)19-12-4-7-15(13-19)14-5-2-1-3-6-14/h1-3,5-6,8-11,15H,4,7,12-13H2,(H2,18,20,21)/t15-/m0/s1. The van der Waals surface area contributed by atoms with Crippen LogP contribution in [0.15, 0.2) is 64.4 Å². The zero-order valence-corrected chi connectivity index (χ0v) is 15.2. The predicted molar refractivity (Wildman–Crippen MR) is 95.0 cm³/mol. The molecule has 0 aromatic heterocycles. The molecule has 0 unspecified atom stereocenters. The average Bonchev–Trinajstić information content (AvgIpc) is 2.62. The van der Waals surface area contributed by atoms with Gasteiger partial charge in [-0.1, -0.05) is 30.3 Å². The van der Waals surface area contributed by atoms with Gasteiger partial charge in [0.25, 0.3) is 0 Å². The summed E-state index contributed by atoms with van der Waals surface area (Å²) in [7, 11) is -7.51. The third-order valence-corrected chi connectivity index (χ3v) is 7.25. The van der Waals surface area contributed by atoms with Crippen molar-refractivity contribution in [1.29, 1.82) is 0 Å². The first-order valence-electron chi connectivity index (χ1n) is 7.96. The highest BCUT2D eigenvalue weighted by Gasteiger charge is 2.31. The Balaban J connectivity index is 1.84. The van der Waals surface area contributed by atoms with Crippen molar-refractivity contribution < 1.29 is 16.8 Å². The van der Waals surface area contributed by atoms with Crippen molar-refractivity contribution >= 4 is 20.0 Å². The Kier molecular flexibility index (Phi) is 4.97.